The van der Waals surface area contributed by atoms with Gasteiger partial charge in [0, 0.05) is 24.2 Å². The molecule has 0 spiro atoms. The molecule has 146 valence electrons. The first-order chi connectivity index (χ1) is 13.3. The van der Waals surface area contributed by atoms with E-state index in [9.17, 15) is 18.3 Å². The highest BCUT2D eigenvalue weighted by atomic mass is 35.5. The van der Waals surface area contributed by atoms with Gasteiger partial charge in [0.2, 0.25) is 0 Å². The molecule has 0 aliphatic carbocycles. The molecule has 0 radical (unpaired) electrons. The third-order valence-electron chi connectivity index (χ3n) is 4.01. The van der Waals surface area contributed by atoms with Gasteiger partial charge in [-0.25, -0.2) is 9.97 Å². The maximum atomic E-state index is 13.4. The van der Waals surface area contributed by atoms with Crippen LogP contribution in [0, 0.1) is 0 Å². The predicted molar refractivity (Wildman–Crippen MR) is 99.0 cm³/mol. The monoisotopic (exact) mass is 428 g/mol. The lowest BCUT2D eigenvalue weighted by atomic mass is 10.1. The van der Waals surface area contributed by atoms with E-state index in [4.69, 9.17) is 11.6 Å². The summed E-state index contributed by atoms with van der Waals surface area (Å²) in [4.78, 5) is 11.1. The van der Waals surface area contributed by atoms with Crippen LogP contribution in [0.3, 0.4) is 0 Å². The van der Waals surface area contributed by atoms with Crippen molar-refractivity contribution in [3.05, 3.63) is 46.2 Å². The van der Waals surface area contributed by atoms with Gasteiger partial charge in [-0.2, -0.15) is 18.3 Å². The molecule has 0 saturated heterocycles. The lowest BCUT2D eigenvalue weighted by Gasteiger charge is -2.12. The number of rotatable bonds is 4. The number of halogens is 4. The Kier molecular flexibility index (Phi) is 4.52. The van der Waals surface area contributed by atoms with Crippen molar-refractivity contribution in [3.63, 3.8) is 0 Å². The van der Waals surface area contributed by atoms with E-state index in [1.54, 1.807) is 29.8 Å². The van der Waals surface area contributed by atoms with E-state index in [2.05, 4.69) is 25.4 Å². The lowest BCUT2D eigenvalue weighted by molar-refractivity contribution is -0.141. The van der Waals surface area contributed by atoms with Crippen molar-refractivity contribution in [1.82, 2.24) is 24.7 Å². The number of aryl methyl sites for hydroxylation is 1. The first kappa shape index (κ1) is 18.7. The molecule has 1 unspecified atom stereocenters. The van der Waals surface area contributed by atoms with Gasteiger partial charge in [-0.15, -0.1) is 11.3 Å². The molecule has 1 atom stereocenters. The van der Waals surface area contributed by atoms with Crippen LogP contribution in [0.4, 0.5) is 18.3 Å². The fourth-order valence-electron chi connectivity index (χ4n) is 2.79. The fraction of sp³-hybridized carbons (Fsp3) is 0.188. The number of para-hydroxylation sites is 1. The molecule has 0 amide bonds. The number of H-pyrrole nitrogens is 1. The molecule has 7 nitrogen and oxygen atoms in total. The SMILES string of the molecule is Cn1nc(C(F)(F)F)c(-c2nc3c(C(O)Nc4nccs4)cccc3[nH]2)c1Cl. The summed E-state index contributed by atoms with van der Waals surface area (Å²) in [6.07, 6.45) is -4.28. The molecule has 4 rings (SSSR count). The highest BCUT2D eigenvalue weighted by Crippen LogP contribution is 2.40. The Morgan fingerprint density at radius 2 is 2.14 bits per heavy atom. The van der Waals surface area contributed by atoms with Crippen LogP contribution >= 0.6 is 22.9 Å². The summed E-state index contributed by atoms with van der Waals surface area (Å²) in [5, 5.41) is 18.8. The van der Waals surface area contributed by atoms with E-state index in [0.717, 1.165) is 4.68 Å². The van der Waals surface area contributed by atoms with Crippen molar-refractivity contribution in [1.29, 1.82) is 0 Å². The van der Waals surface area contributed by atoms with Gasteiger partial charge in [-0.05, 0) is 6.07 Å². The van der Waals surface area contributed by atoms with E-state index >= 15 is 0 Å². The van der Waals surface area contributed by atoms with Crippen molar-refractivity contribution in [3.8, 4) is 11.4 Å². The number of nitrogens with zero attached hydrogens (tertiary/aromatic N) is 4. The zero-order valence-corrected chi connectivity index (χ0v) is 15.7. The van der Waals surface area contributed by atoms with Gasteiger partial charge in [-0.1, -0.05) is 23.7 Å². The molecule has 28 heavy (non-hydrogen) atoms. The Bertz CT molecular complexity index is 1140. The zero-order valence-electron chi connectivity index (χ0n) is 14.1. The smallest absolute Gasteiger partial charge is 0.369 e. The Hall–Kier alpha value is -2.63. The number of nitrogens with one attached hydrogen (secondary N) is 2. The summed E-state index contributed by atoms with van der Waals surface area (Å²) in [5.41, 5.74) is -0.352. The number of aromatic nitrogens is 5. The molecule has 0 bridgehead atoms. The summed E-state index contributed by atoms with van der Waals surface area (Å²) < 4.78 is 41.0. The van der Waals surface area contributed by atoms with Crippen LogP contribution < -0.4 is 5.32 Å². The van der Waals surface area contributed by atoms with Crippen molar-refractivity contribution in [2.24, 2.45) is 7.05 Å². The van der Waals surface area contributed by atoms with E-state index in [0.29, 0.717) is 21.7 Å². The first-order valence-electron chi connectivity index (χ1n) is 7.88. The maximum absolute atomic E-state index is 13.4. The number of alkyl halides is 3. The average Bonchev–Trinajstić information content (AvgIpc) is 3.33. The second-order valence-corrected chi connectivity index (χ2v) is 7.10. The molecular formula is C16H12ClF3N6OS. The van der Waals surface area contributed by atoms with Gasteiger partial charge >= 0.3 is 6.18 Å². The number of fused-ring (bicyclic) bond motifs is 1. The molecule has 4 aromatic rings. The Morgan fingerprint density at radius 1 is 1.36 bits per heavy atom. The molecule has 0 saturated carbocycles. The standard InChI is InChI=1S/C16H12ClF3N6OS/c1-26-12(17)9(11(25-26)16(18,19)20)13-22-8-4-2-3-7(10(8)23-13)14(27)24-15-21-5-6-28-15/h2-6,14,27H,1H3,(H,21,24)(H,22,23). The van der Waals surface area contributed by atoms with Gasteiger partial charge < -0.3 is 15.4 Å². The lowest BCUT2D eigenvalue weighted by Crippen LogP contribution is -2.10. The maximum Gasteiger partial charge on any atom is 0.435 e. The molecule has 0 aliphatic heterocycles. The normalized spacial score (nSPS) is 13.2. The third kappa shape index (κ3) is 3.21. The van der Waals surface area contributed by atoms with Crippen LogP contribution in [0.1, 0.15) is 17.5 Å². The Labute approximate surface area is 164 Å². The van der Waals surface area contributed by atoms with E-state index in [1.807, 2.05) is 0 Å². The summed E-state index contributed by atoms with van der Waals surface area (Å²) in [7, 11) is 1.32. The first-order valence-corrected chi connectivity index (χ1v) is 9.14. The number of benzene rings is 1. The van der Waals surface area contributed by atoms with Crippen LogP contribution in [-0.2, 0) is 13.2 Å². The minimum absolute atomic E-state index is 0.0886. The van der Waals surface area contributed by atoms with Crippen molar-refractivity contribution in [2.75, 3.05) is 5.32 Å². The van der Waals surface area contributed by atoms with Gasteiger partial charge in [0.05, 0.1) is 16.6 Å². The van der Waals surface area contributed by atoms with Crippen LogP contribution in [-0.4, -0.2) is 29.8 Å². The highest BCUT2D eigenvalue weighted by Gasteiger charge is 2.40. The van der Waals surface area contributed by atoms with Gasteiger partial charge in [0.1, 0.15) is 11.0 Å². The van der Waals surface area contributed by atoms with Crippen LogP contribution in [0.15, 0.2) is 29.8 Å². The topological polar surface area (TPSA) is 91.7 Å². The minimum Gasteiger partial charge on any atom is -0.369 e. The van der Waals surface area contributed by atoms with Gasteiger partial charge in [0.25, 0.3) is 0 Å². The van der Waals surface area contributed by atoms with Crippen molar-refractivity contribution in [2.45, 2.75) is 12.4 Å². The highest BCUT2D eigenvalue weighted by molar-refractivity contribution is 7.13. The zero-order chi connectivity index (χ0) is 20.1. The number of anilines is 1. The van der Waals surface area contributed by atoms with Gasteiger partial charge in [-0.3, -0.25) is 4.68 Å². The number of imidazole rings is 1. The number of hydrogen-bond acceptors (Lipinski definition) is 6. The summed E-state index contributed by atoms with van der Waals surface area (Å²) in [6, 6.07) is 4.92. The fourth-order valence-corrected chi connectivity index (χ4v) is 3.56. The second kappa shape index (κ2) is 6.76. The number of aromatic amines is 1. The van der Waals surface area contributed by atoms with Crippen molar-refractivity contribution < 1.29 is 18.3 Å². The average molecular weight is 429 g/mol. The summed E-state index contributed by atoms with van der Waals surface area (Å²) >= 11 is 7.35. The quantitative estimate of drug-likeness (QED) is 0.424. The van der Waals surface area contributed by atoms with Crippen LogP contribution in [0.2, 0.25) is 5.15 Å². The number of hydrogen-bond donors (Lipinski definition) is 3. The van der Waals surface area contributed by atoms with Gasteiger partial charge in [0.15, 0.2) is 17.1 Å². The minimum atomic E-state index is -4.70. The summed E-state index contributed by atoms with van der Waals surface area (Å²) in [5.74, 6) is -0.0886. The molecular weight excluding hydrogens is 417 g/mol. The Balaban J connectivity index is 1.82. The molecule has 3 aromatic heterocycles. The van der Waals surface area contributed by atoms with E-state index < -0.39 is 18.1 Å². The number of aliphatic hydroxyl groups excluding tert-OH is 1. The Morgan fingerprint density at radius 3 is 2.82 bits per heavy atom. The number of aliphatic hydroxyl groups is 1. The molecule has 1 aromatic carbocycles. The van der Waals surface area contributed by atoms with E-state index in [1.165, 1.54) is 18.4 Å². The molecule has 3 N–H and O–H groups in total. The van der Waals surface area contributed by atoms with Crippen LogP contribution in [0.25, 0.3) is 22.4 Å². The molecule has 0 fully saturated rings. The second-order valence-electron chi connectivity index (χ2n) is 5.85. The molecule has 3 heterocycles. The third-order valence-corrected chi connectivity index (χ3v) is 5.15. The largest absolute Gasteiger partial charge is 0.435 e. The van der Waals surface area contributed by atoms with E-state index in [-0.39, 0.29) is 16.5 Å². The van der Waals surface area contributed by atoms with Crippen LogP contribution in [0.5, 0.6) is 0 Å². The molecule has 0 aliphatic rings. The van der Waals surface area contributed by atoms with Crippen molar-refractivity contribution >= 4 is 39.1 Å². The molecule has 12 heteroatoms. The summed E-state index contributed by atoms with van der Waals surface area (Å²) in [6.45, 7) is 0. The predicted octanol–water partition coefficient (Wildman–Crippen LogP) is 4.20. The number of thiazole rings is 1.